The van der Waals surface area contributed by atoms with Gasteiger partial charge in [0.1, 0.15) is 5.75 Å². The van der Waals surface area contributed by atoms with Crippen LogP contribution in [0.25, 0.3) is 0 Å². The molecule has 0 bridgehead atoms. The summed E-state index contributed by atoms with van der Waals surface area (Å²) in [7, 11) is 0. The molecule has 1 heterocycles. The van der Waals surface area contributed by atoms with E-state index >= 15 is 0 Å². The standard InChI is InChI=1S/C15H20N2O4/c1-4-15(2,3)16-14(20)17-9-12(13(18)19)21-11-8-6-5-7-10(11)17/h5-8,12H,4,9H2,1-3H3,(H,16,20)(H,18,19). The Kier molecular flexibility index (Phi) is 4.06. The zero-order chi connectivity index (χ0) is 15.6. The van der Waals surface area contributed by atoms with Crippen molar-refractivity contribution in [2.75, 3.05) is 11.4 Å². The zero-order valence-corrected chi connectivity index (χ0v) is 12.4. The molecule has 1 unspecified atom stereocenters. The van der Waals surface area contributed by atoms with Crippen LogP contribution in [-0.2, 0) is 4.79 Å². The van der Waals surface area contributed by atoms with E-state index in [4.69, 9.17) is 9.84 Å². The summed E-state index contributed by atoms with van der Waals surface area (Å²) < 4.78 is 5.41. The number of carboxylic acids is 1. The van der Waals surface area contributed by atoms with Gasteiger partial charge in [0.25, 0.3) is 0 Å². The molecule has 0 aliphatic carbocycles. The smallest absolute Gasteiger partial charge is 0.346 e. The second-order valence-corrected chi connectivity index (χ2v) is 5.69. The highest BCUT2D eigenvalue weighted by Gasteiger charge is 2.34. The number of nitrogens with zero attached hydrogens (tertiary/aromatic N) is 1. The number of nitrogens with one attached hydrogen (secondary N) is 1. The summed E-state index contributed by atoms with van der Waals surface area (Å²) in [6.07, 6.45) is -0.289. The molecule has 0 aromatic heterocycles. The summed E-state index contributed by atoms with van der Waals surface area (Å²) >= 11 is 0. The number of ether oxygens (including phenoxy) is 1. The Hall–Kier alpha value is -2.24. The van der Waals surface area contributed by atoms with E-state index in [1.54, 1.807) is 24.3 Å². The molecule has 1 aliphatic rings. The fourth-order valence-corrected chi connectivity index (χ4v) is 2.00. The Balaban J connectivity index is 2.29. The number of urea groups is 1. The summed E-state index contributed by atoms with van der Waals surface area (Å²) in [4.78, 5) is 25.1. The number of hydrogen-bond acceptors (Lipinski definition) is 3. The lowest BCUT2D eigenvalue weighted by atomic mass is 10.0. The number of hydrogen-bond donors (Lipinski definition) is 2. The highest BCUT2D eigenvalue weighted by atomic mass is 16.5. The Morgan fingerprint density at radius 3 is 2.71 bits per heavy atom. The average Bonchev–Trinajstić information content (AvgIpc) is 2.45. The van der Waals surface area contributed by atoms with Crippen molar-refractivity contribution in [3.05, 3.63) is 24.3 Å². The van der Waals surface area contributed by atoms with E-state index in [-0.39, 0.29) is 18.1 Å². The van der Waals surface area contributed by atoms with Crippen molar-refractivity contribution in [3.8, 4) is 5.75 Å². The number of aliphatic carboxylic acids is 1. The van der Waals surface area contributed by atoms with Crippen molar-refractivity contribution in [1.82, 2.24) is 5.32 Å². The number of carboxylic acid groups (broad SMARTS) is 1. The van der Waals surface area contributed by atoms with Crippen LogP contribution in [0.15, 0.2) is 24.3 Å². The van der Waals surface area contributed by atoms with Gasteiger partial charge >= 0.3 is 12.0 Å². The molecule has 6 heteroatoms. The van der Waals surface area contributed by atoms with E-state index in [2.05, 4.69) is 5.32 Å². The first-order valence-electron chi connectivity index (χ1n) is 6.92. The average molecular weight is 292 g/mol. The second-order valence-electron chi connectivity index (χ2n) is 5.69. The fourth-order valence-electron chi connectivity index (χ4n) is 2.00. The number of benzene rings is 1. The van der Waals surface area contributed by atoms with Crippen LogP contribution in [0.3, 0.4) is 0 Å². The Morgan fingerprint density at radius 2 is 2.10 bits per heavy atom. The summed E-state index contributed by atoms with van der Waals surface area (Å²) in [5, 5.41) is 12.1. The SMILES string of the molecule is CCC(C)(C)NC(=O)N1CC(C(=O)O)Oc2ccccc21. The predicted molar refractivity (Wildman–Crippen MR) is 78.7 cm³/mol. The molecule has 0 spiro atoms. The van der Waals surface area contributed by atoms with Gasteiger partial charge in [-0.2, -0.15) is 0 Å². The monoisotopic (exact) mass is 292 g/mol. The third-order valence-corrected chi connectivity index (χ3v) is 3.62. The molecule has 0 fully saturated rings. The first-order valence-corrected chi connectivity index (χ1v) is 6.92. The van der Waals surface area contributed by atoms with Crippen molar-refractivity contribution in [3.63, 3.8) is 0 Å². The number of fused-ring (bicyclic) bond motifs is 1. The molecule has 0 saturated heterocycles. The van der Waals surface area contributed by atoms with Crippen LogP contribution in [0.4, 0.5) is 10.5 Å². The maximum absolute atomic E-state index is 12.5. The molecule has 0 radical (unpaired) electrons. The van der Waals surface area contributed by atoms with Gasteiger partial charge in [0.15, 0.2) is 0 Å². The quantitative estimate of drug-likeness (QED) is 0.895. The molecule has 114 valence electrons. The molecule has 2 N–H and O–H groups in total. The summed E-state index contributed by atoms with van der Waals surface area (Å²) in [6, 6.07) is 6.62. The van der Waals surface area contributed by atoms with Crippen molar-refractivity contribution in [1.29, 1.82) is 0 Å². The molecule has 0 saturated carbocycles. The normalized spacial score (nSPS) is 17.7. The Morgan fingerprint density at radius 1 is 1.43 bits per heavy atom. The molecule has 21 heavy (non-hydrogen) atoms. The van der Waals surface area contributed by atoms with E-state index in [0.29, 0.717) is 11.4 Å². The van der Waals surface area contributed by atoms with Gasteiger partial charge in [-0.05, 0) is 32.4 Å². The maximum Gasteiger partial charge on any atom is 0.346 e. The van der Waals surface area contributed by atoms with Gasteiger partial charge in [0.05, 0.1) is 12.2 Å². The van der Waals surface area contributed by atoms with Gasteiger partial charge in [-0.3, -0.25) is 4.90 Å². The number of anilines is 1. The van der Waals surface area contributed by atoms with E-state index < -0.39 is 12.1 Å². The highest BCUT2D eigenvalue weighted by Crippen LogP contribution is 2.33. The van der Waals surface area contributed by atoms with Gasteiger partial charge in [0, 0.05) is 5.54 Å². The number of carbonyl (C=O) groups excluding carboxylic acids is 1. The molecule has 1 aromatic carbocycles. The van der Waals surface area contributed by atoms with Crippen LogP contribution in [0.5, 0.6) is 5.75 Å². The molecule has 2 rings (SSSR count). The minimum absolute atomic E-state index is 0.0159. The topological polar surface area (TPSA) is 78.9 Å². The van der Waals surface area contributed by atoms with Gasteiger partial charge in [-0.1, -0.05) is 19.1 Å². The van der Waals surface area contributed by atoms with Crippen molar-refractivity contribution < 1.29 is 19.4 Å². The third-order valence-electron chi connectivity index (χ3n) is 3.62. The van der Waals surface area contributed by atoms with Crippen molar-refractivity contribution in [2.24, 2.45) is 0 Å². The largest absolute Gasteiger partial charge is 0.478 e. The van der Waals surface area contributed by atoms with Crippen LogP contribution in [-0.4, -0.2) is 35.3 Å². The lowest BCUT2D eigenvalue weighted by Crippen LogP contribution is -2.54. The highest BCUT2D eigenvalue weighted by molar-refractivity contribution is 5.95. The van der Waals surface area contributed by atoms with Gasteiger partial charge in [-0.15, -0.1) is 0 Å². The second kappa shape index (κ2) is 5.63. The number of para-hydroxylation sites is 2. The minimum atomic E-state index is -1.09. The van der Waals surface area contributed by atoms with E-state index in [1.807, 2.05) is 20.8 Å². The van der Waals surface area contributed by atoms with Crippen LogP contribution in [0.2, 0.25) is 0 Å². The van der Waals surface area contributed by atoms with Crippen LogP contribution in [0.1, 0.15) is 27.2 Å². The molecule has 1 atom stereocenters. The van der Waals surface area contributed by atoms with E-state index in [9.17, 15) is 9.59 Å². The summed E-state index contributed by atoms with van der Waals surface area (Å²) in [5.74, 6) is -0.683. The molecule has 2 amide bonds. The van der Waals surface area contributed by atoms with Crippen LogP contribution < -0.4 is 15.0 Å². The van der Waals surface area contributed by atoms with Crippen LogP contribution >= 0.6 is 0 Å². The predicted octanol–water partition coefficient (Wildman–Crippen LogP) is 2.24. The number of rotatable bonds is 3. The maximum atomic E-state index is 12.5. The van der Waals surface area contributed by atoms with E-state index in [0.717, 1.165) is 6.42 Å². The zero-order valence-electron chi connectivity index (χ0n) is 12.4. The molecular formula is C15H20N2O4. The third kappa shape index (κ3) is 3.26. The molecule has 6 nitrogen and oxygen atoms in total. The van der Waals surface area contributed by atoms with E-state index in [1.165, 1.54) is 4.90 Å². The first kappa shape index (κ1) is 15.2. The lowest BCUT2D eigenvalue weighted by Gasteiger charge is -2.35. The lowest BCUT2D eigenvalue weighted by molar-refractivity contribution is -0.144. The summed E-state index contributed by atoms with van der Waals surface area (Å²) in [5.41, 5.74) is 0.225. The van der Waals surface area contributed by atoms with Crippen LogP contribution in [0, 0.1) is 0 Å². The molecule has 1 aliphatic heterocycles. The Labute approximate surface area is 123 Å². The van der Waals surface area contributed by atoms with Gasteiger partial charge in [0.2, 0.25) is 6.10 Å². The van der Waals surface area contributed by atoms with Gasteiger partial charge in [-0.25, -0.2) is 9.59 Å². The fraction of sp³-hybridized carbons (Fsp3) is 0.467. The van der Waals surface area contributed by atoms with Gasteiger partial charge < -0.3 is 15.2 Å². The number of carbonyl (C=O) groups is 2. The minimum Gasteiger partial charge on any atom is -0.478 e. The summed E-state index contributed by atoms with van der Waals surface area (Å²) in [6.45, 7) is 5.81. The Bertz CT molecular complexity index is 556. The molecule has 1 aromatic rings. The van der Waals surface area contributed by atoms with Crippen molar-refractivity contribution in [2.45, 2.75) is 38.8 Å². The van der Waals surface area contributed by atoms with Crippen molar-refractivity contribution >= 4 is 17.7 Å². The first-order chi connectivity index (χ1) is 9.84. The molecular weight excluding hydrogens is 272 g/mol. The number of amides is 2.